The van der Waals surface area contributed by atoms with E-state index < -0.39 is 5.41 Å². The van der Waals surface area contributed by atoms with Gasteiger partial charge in [0.15, 0.2) is 0 Å². The molecule has 20 heavy (non-hydrogen) atoms. The van der Waals surface area contributed by atoms with Gasteiger partial charge in [0.1, 0.15) is 0 Å². The number of amides is 2. The highest BCUT2D eigenvalue weighted by atomic mass is 16.5. The third-order valence-electron chi connectivity index (χ3n) is 4.38. The Bertz CT molecular complexity index is 391. The Hall–Kier alpha value is -1.14. The van der Waals surface area contributed by atoms with Gasteiger partial charge in [0.2, 0.25) is 11.8 Å². The molecule has 2 atom stereocenters. The summed E-state index contributed by atoms with van der Waals surface area (Å²) in [6.45, 7) is 8.87. The average Bonchev–Trinajstić information content (AvgIpc) is 2.78. The first kappa shape index (κ1) is 15.3. The quantitative estimate of drug-likeness (QED) is 0.753. The molecule has 2 amide bonds. The molecule has 0 aromatic heterocycles. The van der Waals surface area contributed by atoms with Gasteiger partial charge in [-0.15, -0.1) is 0 Å². The van der Waals surface area contributed by atoms with E-state index in [2.05, 4.69) is 0 Å². The molecule has 114 valence electrons. The van der Waals surface area contributed by atoms with Crippen LogP contribution in [0.1, 0.15) is 20.8 Å². The van der Waals surface area contributed by atoms with Crippen molar-refractivity contribution in [2.45, 2.75) is 26.8 Å². The summed E-state index contributed by atoms with van der Waals surface area (Å²) < 4.78 is 5.34. The lowest BCUT2D eigenvalue weighted by Crippen LogP contribution is -2.57. The first-order valence-corrected chi connectivity index (χ1v) is 7.27. The van der Waals surface area contributed by atoms with Crippen LogP contribution in [0.5, 0.6) is 0 Å². The van der Waals surface area contributed by atoms with E-state index in [0.29, 0.717) is 39.4 Å². The average molecular weight is 283 g/mol. The van der Waals surface area contributed by atoms with Crippen LogP contribution < -0.4 is 5.73 Å². The monoisotopic (exact) mass is 283 g/mol. The molecule has 0 aromatic rings. The number of nitrogens with two attached hydrogens (primary N) is 1. The van der Waals surface area contributed by atoms with Gasteiger partial charge >= 0.3 is 0 Å². The minimum Gasteiger partial charge on any atom is -0.379 e. The number of carbonyl (C=O) groups excluding carboxylic acids is 2. The maximum Gasteiger partial charge on any atom is 0.232 e. The van der Waals surface area contributed by atoms with Gasteiger partial charge in [0.25, 0.3) is 0 Å². The van der Waals surface area contributed by atoms with E-state index in [0.717, 1.165) is 0 Å². The van der Waals surface area contributed by atoms with Gasteiger partial charge in [0, 0.05) is 38.1 Å². The molecule has 2 rings (SSSR count). The van der Waals surface area contributed by atoms with Crippen LogP contribution >= 0.6 is 0 Å². The Labute approximate surface area is 120 Å². The first-order valence-electron chi connectivity index (χ1n) is 7.27. The molecular formula is C14H25N3O3. The Morgan fingerprint density at radius 2 is 1.75 bits per heavy atom. The largest absolute Gasteiger partial charge is 0.379 e. The zero-order valence-corrected chi connectivity index (χ0v) is 12.6. The zero-order valence-electron chi connectivity index (χ0n) is 12.6. The maximum absolute atomic E-state index is 12.6. The van der Waals surface area contributed by atoms with Crippen LogP contribution in [0.25, 0.3) is 0 Å². The highest BCUT2D eigenvalue weighted by molar-refractivity contribution is 5.84. The molecular weight excluding hydrogens is 258 g/mol. The minimum absolute atomic E-state index is 0.00595. The van der Waals surface area contributed by atoms with Crippen molar-refractivity contribution < 1.29 is 14.3 Å². The van der Waals surface area contributed by atoms with E-state index >= 15 is 0 Å². The number of piperazine rings is 1. The molecule has 2 N–H and O–H groups in total. The van der Waals surface area contributed by atoms with Crippen LogP contribution in [0.15, 0.2) is 0 Å². The Morgan fingerprint density at radius 3 is 2.20 bits per heavy atom. The van der Waals surface area contributed by atoms with Gasteiger partial charge < -0.3 is 20.3 Å². The number of hydrogen-bond acceptors (Lipinski definition) is 4. The summed E-state index contributed by atoms with van der Waals surface area (Å²) in [5.74, 6) is 0.217. The molecule has 2 heterocycles. The molecule has 0 bridgehead atoms. The third-order valence-corrected chi connectivity index (χ3v) is 4.38. The molecule has 6 heteroatoms. The molecule has 2 unspecified atom stereocenters. The molecule has 0 radical (unpaired) electrons. The molecule has 0 spiro atoms. The van der Waals surface area contributed by atoms with Crippen molar-refractivity contribution in [1.29, 1.82) is 0 Å². The number of nitrogens with zero attached hydrogens (tertiary/aromatic N) is 2. The standard InChI is InChI=1S/C14H25N3O3/c1-10(2)12(18)16-4-6-17(7-5-16)13(19)14(3)9-20-8-11(14)15/h10-11H,4-9,15H2,1-3H3. The van der Waals surface area contributed by atoms with Crippen LogP contribution in [0.2, 0.25) is 0 Å². The molecule has 2 saturated heterocycles. The lowest BCUT2D eigenvalue weighted by molar-refractivity contribution is -0.147. The maximum atomic E-state index is 12.6. The van der Waals surface area contributed by atoms with Crippen molar-refractivity contribution in [2.24, 2.45) is 17.1 Å². The highest BCUT2D eigenvalue weighted by Gasteiger charge is 2.46. The number of rotatable bonds is 2. The molecule has 0 saturated carbocycles. The van der Waals surface area contributed by atoms with Crippen LogP contribution in [0, 0.1) is 11.3 Å². The molecule has 0 aliphatic carbocycles. The molecule has 2 fully saturated rings. The van der Waals surface area contributed by atoms with Gasteiger partial charge in [-0.05, 0) is 6.92 Å². The summed E-state index contributed by atoms with van der Waals surface area (Å²) in [5, 5.41) is 0. The van der Waals surface area contributed by atoms with E-state index in [-0.39, 0.29) is 23.8 Å². The smallest absolute Gasteiger partial charge is 0.232 e. The predicted octanol–water partition coefficient (Wildman–Crippen LogP) is -0.323. The van der Waals surface area contributed by atoms with E-state index in [4.69, 9.17) is 10.5 Å². The summed E-state index contributed by atoms with van der Waals surface area (Å²) in [7, 11) is 0. The zero-order chi connectivity index (χ0) is 14.9. The van der Waals surface area contributed by atoms with Gasteiger partial charge in [-0.25, -0.2) is 0 Å². The van der Waals surface area contributed by atoms with Crippen molar-refractivity contribution in [3.63, 3.8) is 0 Å². The van der Waals surface area contributed by atoms with Gasteiger partial charge in [-0.1, -0.05) is 13.8 Å². The number of ether oxygens (including phenoxy) is 1. The lowest BCUT2D eigenvalue weighted by Gasteiger charge is -2.39. The van der Waals surface area contributed by atoms with E-state index in [1.165, 1.54) is 0 Å². The van der Waals surface area contributed by atoms with Crippen molar-refractivity contribution >= 4 is 11.8 Å². The summed E-state index contributed by atoms with van der Waals surface area (Å²) in [6, 6.07) is -0.245. The van der Waals surface area contributed by atoms with Gasteiger partial charge in [-0.3, -0.25) is 9.59 Å². The van der Waals surface area contributed by atoms with E-state index in [1.54, 1.807) is 0 Å². The molecule has 2 aliphatic rings. The second kappa shape index (κ2) is 5.69. The fourth-order valence-electron chi connectivity index (χ4n) is 2.77. The Balaban J connectivity index is 1.94. The number of hydrogen-bond donors (Lipinski definition) is 1. The normalized spacial score (nSPS) is 30.9. The molecule has 6 nitrogen and oxygen atoms in total. The van der Waals surface area contributed by atoms with Crippen LogP contribution in [-0.4, -0.2) is 67.0 Å². The van der Waals surface area contributed by atoms with Gasteiger partial charge in [0.05, 0.1) is 18.6 Å². The van der Waals surface area contributed by atoms with Crippen LogP contribution in [-0.2, 0) is 14.3 Å². The van der Waals surface area contributed by atoms with E-state index in [1.807, 2.05) is 30.6 Å². The predicted molar refractivity (Wildman–Crippen MR) is 74.9 cm³/mol. The fraction of sp³-hybridized carbons (Fsp3) is 0.857. The van der Waals surface area contributed by atoms with E-state index in [9.17, 15) is 9.59 Å². The summed E-state index contributed by atoms with van der Waals surface area (Å²) in [4.78, 5) is 28.2. The van der Waals surface area contributed by atoms with Crippen LogP contribution in [0.4, 0.5) is 0 Å². The summed E-state index contributed by atoms with van der Waals surface area (Å²) >= 11 is 0. The SMILES string of the molecule is CC(C)C(=O)N1CCN(C(=O)C2(C)COCC2N)CC1. The molecule has 0 aromatic carbocycles. The second-order valence-electron chi connectivity index (χ2n) is 6.31. The lowest BCUT2D eigenvalue weighted by atomic mass is 9.84. The minimum atomic E-state index is -0.621. The number of carbonyl (C=O) groups is 2. The Kier molecular flexibility index (Phi) is 4.34. The van der Waals surface area contributed by atoms with Crippen molar-refractivity contribution in [3.8, 4) is 0 Å². The first-order chi connectivity index (χ1) is 9.36. The van der Waals surface area contributed by atoms with Crippen LogP contribution in [0.3, 0.4) is 0 Å². The fourth-order valence-corrected chi connectivity index (χ4v) is 2.77. The second-order valence-corrected chi connectivity index (χ2v) is 6.31. The Morgan fingerprint density at radius 1 is 1.20 bits per heavy atom. The third kappa shape index (κ3) is 2.67. The van der Waals surface area contributed by atoms with Crippen molar-refractivity contribution in [2.75, 3.05) is 39.4 Å². The van der Waals surface area contributed by atoms with Gasteiger partial charge in [-0.2, -0.15) is 0 Å². The topological polar surface area (TPSA) is 75.9 Å². The summed E-state index contributed by atoms with van der Waals surface area (Å²) in [5.41, 5.74) is 5.38. The van der Waals surface area contributed by atoms with Crippen molar-refractivity contribution in [1.82, 2.24) is 9.80 Å². The highest BCUT2D eigenvalue weighted by Crippen LogP contribution is 2.29. The molecule has 2 aliphatic heterocycles. The summed E-state index contributed by atoms with van der Waals surface area (Å²) in [6.07, 6.45) is 0. The van der Waals surface area contributed by atoms with Crippen molar-refractivity contribution in [3.05, 3.63) is 0 Å².